The van der Waals surface area contributed by atoms with E-state index in [1.54, 1.807) is 0 Å². The van der Waals surface area contributed by atoms with Crippen LogP contribution in [0.2, 0.25) is 0 Å². The molecule has 4 rings (SSSR count). The van der Waals surface area contributed by atoms with Crippen LogP contribution in [0, 0.1) is 12.8 Å². The van der Waals surface area contributed by atoms with Crippen molar-refractivity contribution in [2.24, 2.45) is 5.92 Å². The zero-order valence-electron chi connectivity index (χ0n) is 24.4. The van der Waals surface area contributed by atoms with Crippen LogP contribution in [0.15, 0.2) is 103 Å². The number of aryl methyl sites for hydroxylation is 1. The van der Waals surface area contributed by atoms with Crippen LogP contribution in [0.3, 0.4) is 0 Å². The second-order valence-corrected chi connectivity index (χ2v) is 11.3. The van der Waals surface area contributed by atoms with E-state index in [4.69, 9.17) is 0 Å². The molecule has 0 fully saturated rings. The molecule has 0 saturated heterocycles. The Hall–Kier alpha value is -3.38. The van der Waals surface area contributed by atoms with Gasteiger partial charge >= 0.3 is 0 Å². The zero-order valence-corrected chi connectivity index (χ0v) is 24.4. The predicted molar refractivity (Wildman–Crippen MR) is 168 cm³/mol. The lowest BCUT2D eigenvalue weighted by Gasteiger charge is -2.20. The van der Waals surface area contributed by atoms with Gasteiger partial charge in [0.25, 0.3) is 0 Å². The second kappa shape index (κ2) is 12.4. The number of hydrogen-bond donors (Lipinski definition) is 0. The lowest BCUT2D eigenvalue weighted by molar-refractivity contribution is 0.535. The zero-order chi connectivity index (χ0) is 27.2. The summed E-state index contributed by atoms with van der Waals surface area (Å²) in [5.41, 5.74) is 13.5. The van der Waals surface area contributed by atoms with E-state index >= 15 is 0 Å². The van der Waals surface area contributed by atoms with E-state index in [0.717, 1.165) is 12.8 Å². The summed E-state index contributed by atoms with van der Waals surface area (Å²) in [6.45, 7) is 15.9. The second-order valence-electron chi connectivity index (χ2n) is 11.3. The van der Waals surface area contributed by atoms with Gasteiger partial charge in [0.05, 0.1) is 0 Å². The summed E-state index contributed by atoms with van der Waals surface area (Å²) in [4.78, 5) is 0. The van der Waals surface area contributed by atoms with Crippen molar-refractivity contribution in [3.63, 3.8) is 0 Å². The van der Waals surface area contributed by atoms with Crippen molar-refractivity contribution in [1.29, 1.82) is 0 Å². The highest BCUT2D eigenvalue weighted by atomic mass is 14.2. The Morgan fingerprint density at radius 1 is 0.921 bits per heavy atom. The Bertz CT molecular complexity index is 1360. The topological polar surface area (TPSA) is 0 Å². The summed E-state index contributed by atoms with van der Waals surface area (Å²) in [6.07, 6.45) is 11.6. The first-order valence-electron chi connectivity index (χ1n) is 14.3. The first-order valence-corrected chi connectivity index (χ1v) is 14.3. The minimum Gasteiger partial charge on any atom is -0.0761 e. The molecule has 1 aliphatic rings. The third kappa shape index (κ3) is 6.36. The van der Waals surface area contributed by atoms with Crippen LogP contribution >= 0.6 is 0 Å². The number of allylic oxidation sites excluding steroid dienone is 8. The van der Waals surface area contributed by atoms with Gasteiger partial charge in [0.1, 0.15) is 0 Å². The van der Waals surface area contributed by atoms with Gasteiger partial charge in [-0.15, -0.1) is 0 Å². The summed E-state index contributed by atoms with van der Waals surface area (Å²) in [5.74, 6) is 1.64. The molecule has 0 heterocycles. The fraction of sp³-hybridized carbons (Fsp3) is 0.316. The molecule has 0 N–H and O–H groups in total. The van der Waals surface area contributed by atoms with Gasteiger partial charge in [0.15, 0.2) is 0 Å². The van der Waals surface area contributed by atoms with Gasteiger partial charge in [-0.25, -0.2) is 0 Å². The monoisotopic (exact) mass is 500 g/mol. The molecule has 2 atom stereocenters. The van der Waals surface area contributed by atoms with Crippen molar-refractivity contribution in [2.75, 3.05) is 0 Å². The maximum absolute atomic E-state index is 2.44. The van der Waals surface area contributed by atoms with Gasteiger partial charge in [-0.2, -0.15) is 0 Å². The maximum atomic E-state index is 2.44. The lowest BCUT2D eigenvalue weighted by Crippen LogP contribution is -2.03. The van der Waals surface area contributed by atoms with Gasteiger partial charge < -0.3 is 0 Å². The normalized spacial score (nSPS) is 17.3. The summed E-state index contributed by atoms with van der Waals surface area (Å²) in [5, 5.41) is 0. The molecule has 196 valence electrons. The standard InChI is InChI=1S/C38H44/c1-8-27(4)37(24-29(6)31-12-10-9-11-13-31)38-25-36(15-14-28(38)5)35-22-20-34(21-23-35)33-18-16-32(17-19-33)30(7)26(2)3/h9-22,24-26,30,35H,8,23H2,1-7H3/b29-24+,37-27+. The van der Waals surface area contributed by atoms with Crippen LogP contribution in [0.25, 0.3) is 16.7 Å². The van der Waals surface area contributed by atoms with Crippen molar-refractivity contribution in [2.45, 2.75) is 73.1 Å². The van der Waals surface area contributed by atoms with Gasteiger partial charge in [-0.3, -0.25) is 0 Å². The Balaban J connectivity index is 1.58. The number of benzene rings is 3. The Labute approximate surface area is 231 Å². The molecule has 0 nitrogen and oxygen atoms in total. The van der Waals surface area contributed by atoms with E-state index in [1.165, 1.54) is 55.7 Å². The molecular weight excluding hydrogens is 456 g/mol. The van der Waals surface area contributed by atoms with Gasteiger partial charge in [-0.05, 0) is 95.5 Å². The van der Waals surface area contributed by atoms with Gasteiger partial charge in [0.2, 0.25) is 0 Å². The molecule has 0 amide bonds. The largest absolute Gasteiger partial charge is 0.0761 e. The van der Waals surface area contributed by atoms with Gasteiger partial charge in [-0.1, -0.05) is 130 Å². The van der Waals surface area contributed by atoms with Crippen molar-refractivity contribution in [3.8, 4) is 0 Å². The van der Waals surface area contributed by atoms with E-state index in [1.807, 2.05) is 0 Å². The van der Waals surface area contributed by atoms with Crippen molar-refractivity contribution >= 4 is 16.7 Å². The molecule has 0 bridgehead atoms. The summed E-state index contributed by atoms with van der Waals surface area (Å²) in [6, 6.07) is 27.0. The lowest BCUT2D eigenvalue weighted by atomic mass is 9.84. The number of rotatable bonds is 8. The molecule has 0 radical (unpaired) electrons. The van der Waals surface area contributed by atoms with E-state index in [-0.39, 0.29) is 0 Å². The third-order valence-corrected chi connectivity index (χ3v) is 8.43. The van der Waals surface area contributed by atoms with Gasteiger partial charge in [0, 0.05) is 5.92 Å². The molecule has 3 aromatic carbocycles. The third-order valence-electron chi connectivity index (χ3n) is 8.43. The smallest absolute Gasteiger partial charge is 0.00563 e. The highest BCUT2D eigenvalue weighted by Crippen LogP contribution is 2.35. The van der Waals surface area contributed by atoms with Crippen LogP contribution in [0.1, 0.15) is 99.6 Å². The first-order chi connectivity index (χ1) is 18.3. The van der Waals surface area contributed by atoms with Crippen LogP contribution in [0.5, 0.6) is 0 Å². The average molecular weight is 501 g/mol. The minimum absolute atomic E-state index is 0.403. The quantitative estimate of drug-likeness (QED) is 0.270. The predicted octanol–water partition coefficient (Wildman–Crippen LogP) is 11.2. The molecule has 0 heteroatoms. The van der Waals surface area contributed by atoms with Crippen molar-refractivity contribution < 1.29 is 0 Å². The fourth-order valence-corrected chi connectivity index (χ4v) is 5.23. The summed E-state index contributed by atoms with van der Waals surface area (Å²) >= 11 is 0. The highest BCUT2D eigenvalue weighted by molar-refractivity contribution is 5.86. The molecule has 0 spiro atoms. The Kier molecular flexibility index (Phi) is 9.05. The average Bonchev–Trinajstić information content (AvgIpc) is 2.96. The van der Waals surface area contributed by atoms with E-state index < -0.39 is 0 Å². The Morgan fingerprint density at radius 3 is 2.24 bits per heavy atom. The first kappa shape index (κ1) is 27.6. The van der Waals surface area contributed by atoms with E-state index in [2.05, 4.69) is 146 Å². The molecule has 0 aromatic heterocycles. The minimum atomic E-state index is 0.403. The molecule has 38 heavy (non-hydrogen) atoms. The van der Waals surface area contributed by atoms with Crippen molar-refractivity contribution in [1.82, 2.24) is 0 Å². The summed E-state index contributed by atoms with van der Waals surface area (Å²) in [7, 11) is 0. The molecular formula is C38H44. The van der Waals surface area contributed by atoms with Crippen LogP contribution in [0.4, 0.5) is 0 Å². The molecule has 3 aromatic rings. The fourth-order valence-electron chi connectivity index (χ4n) is 5.23. The highest BCUT2D eigenvalue weighted by Gasteiger charge is 2.16. The van der Waals surface area contributed by atoms with Crippen molar-refractivity contribution in [3.05, 3.63) is 136 Å². The molecule has 0 aliphatic heterocycles. The van der Waals surface area contributed by atoms with Crippen LogP contribution < -0.4 is 0 Å². The number of hydrogen-bond acceptors (Lipinski definition) is 0. The molecule has 1 aliphatic carbocycles. The maximum Gasteiger partial charge on any atom is 0.00563 e. The Morgan fingerprint density at radius 2 is 1.63 bits per heavy atom. The van der Waals surface area contributed by atoms with Crippen LogP contribution in [-0.2, 0) is 0 Å². The van der Waals surface area contributed by atoms with E-state index in [9.17, 15) is 0 Å². The van der Waals surface area contributed by atoms with Crippen LogP contribution in [-0.4, -0.2) is 0 Å². The molecule has 2 unspecified atom stereocenters. The van der Waals surface area contributed by atoms with E-state index in [0.29, 0.717) is 17.8 Å². The SMILES string of the molecule is CC/C(C)=C(\C=C(/C)c1ccccc1)c1cc(C2C=CC(c3ccc(C(C)C(C)C)cc3)=CC2)ccc1C. The summed E-state index contributed by atoms with van der Waals surface area (Å²) < 4.78 is 0. The molecule has 0 saturated carbocycles.